The van der Waals surface area contributed by atoms with Crippen molar-refractivity contribution in [2.45, 2.75) is 0 Å². The molecule has 57 valence electrons. The largest absolute Gasteiger partial charge is 0.122 e. The minimum Gasteiger partial charge on any atom is -0.122 e. The maximum atomic E-state index is 10.5. The molecule has 0 bridgehead atoms. The number of hydrogen-bond donors (Lipinski definition) is 0. The summed E-state index contributed by atoms with van der Waals surface area (Å²) >= 11 is 5.53. The van der Waals surface area contributed by atoms with E-state index in [4.69, 9.17) is 11.6 Å². The van der Waals surface area contributed by atoms with Crippen LogP contribution in [0.3, 0.4) is 0 Å². The highest BCUT2D eigenvalue weighted by Crippen LogP contribution is 2.16. The smallest absolute Gasteiger partial charge is 0.0967 e. The van der Waals surface area contributed by atoms with Crippen molar-refractivity contribution < 1.29 is 5.21 Å². The van der Waals surface area contributed by atoms with E-state index in [2.05, 4.69) is 5.29 Å². The van der Waals surface area contributed by atoms with Crippen LogP contribution in [0.15, 0.2) is 29.6 Å². The van der Waals surface area contributed by atoms with Crippen LogP contribution in [-0.2, 0) is 5.21 Å². The van der Waals surface area contributed by atoms with Crippen LogP contribution in [0.25, 0.3) is 0 Å². The number of nitroso groups, excluding NO2 is 1. The zero-order valence-corrected chi connectivity index (χ0v) is 6.15. The summed E-state index contributed by atoms with van der Waals surface area (Å²) in [7, 11) is 0. The summed E-state index contributed by atoms with van der Waals surface area (Å²) < 4.78 is 0. The van der Waals surface area contributed by atoms with Gasteiger partial charge in [-0.2, -0.15) is 0 Å². The molecule has 0 heterocycles. The van der Waals surface area contributed by atoms with Crippen molar-refractivity contribution in [1.29, 1.82) is 0 Å². The number of benzene rings is 1. The van der Waals surface area contributed by atoms with Crippen LogP contribution in [0.1, 0.15) is 0 Å². The quantitative estimate of drug-likeness (QED) is 0.506. The Bertz CT molecular complexity index is 249. The fourth-order valence-corrected chi connectivity index (χ4v) is 0.742. The van der Waals surface area contributed by atoms with Crippen molar-refractivity contribution in [3.05, 3.63) is 34.2 Å². The van der Waals surface area contributed by atoms with E-state index in [1.165, 1.54) is 24.3 Å². The second kappa shape index (κ2) is 3.32. The fourth-order valence-electron chi connectivity index (χ4n) is 0.616. The summed E-state index contributed by atoms with van der Waals surface area (Å²) in [6.45, 7) is 0. The molecule has 4 nitrogen and oxygen atoms in total. The van der Waals surface area contributed by atoms with E-state index in [1.54, 1.807) is 0 Å². The van der Waals surface area contributed by atoms with Gasteiger partial charge >= 0.3 is 0 Å². The Hall–Kier alpha value is -1.13. The van der Waals surface area contributed by atoms with Gasteiger partial charge in [0.1, 0.15) is 0 Å². The minimum atomic E-state index is -0.0175. The van der Waals surface area contributed by atoms with Crippen molar-refractivity contribution in [2.24, 2.45) is 5.29 Å². The first-order valence-corrected chi connectivity index (χ1v) is 3.18. The molecule has 0 atom stereocenters. The standard InChI is InChI=1S/C6H4ClN2O2/c7-5-1-3-6(4-2-5)9(11)8-10/h1-4H. The summed E-state index contributed by atoms with van der Waals surface area (Å²) in [6.07, 6.45) is 0. The third-order valence-electron chi connectivity index (χ3n) is 1.12. The summed E-state index contributed by atoms with van der Waals surface area (Å²) in [6, 6.07) is 5.84. The van der Waals surface area contributed by atoms with Crippen molar-refractivity contribution >= 4 is 17.3 Å². The van der Waals surface area contributed by atoms with E-state index < -0.39 is 0 Å². The van der Waals surface area contributed by atoms with Crippen molar-refractivity contribution in [3.8, 4) is 0 Å². The van der Waals surface area contributed by atoms with Gasteiger partial charge in [-0.3, -0.25) is 0 Å². The molecule has 1 aromatic carbocycles. The van der Waals surface area contributed by atoms with Gasteiger partial charge in [0.15, 0.2) is 0 Å². The van der Waals surface area contributed by atoms with Crippen LogP contribution < -0.4 is 5.17 Å². The summed E-state index contributed by atoms with van der Waals surface area (Å²) in [4.78, 5) is 9.72. The molecule has 5 heteroatoms. The Morgan fingerprint density at radius 3 is 2.27 bits per heavy atom. The zero-order valence-electron chi connectivity index (χ0n) is 5.40. The molecule has 0 aliphatic rings. The van der Waals surface area contributed by atoms with Gasteiger partial charge in [0.25, 0.3) is 0 Å². The molecule has 0 saturated heterocycles. The normalized spacial score (nSPS) is 9.27. The highest BCUT2D eigenvalue weighted by molar-refractivity contribution is 6.30. The van der Waals surface area contributed by atoms with Gasteiger partial charge in [-0.05, 0) is 24.3 Å². The summed E-state index contributed by atoms with van der Waals surface area (Å²) in [5.41, 5.74) is 0.171. The zero-order chi connectivity index (χ0) is 8.27. The SMILES string of the molecule is [O]N(N=O)c1ccc(Cl)cc1. The molecule has 0 unspecified atom stereocenters. The third-order valence-corrected chi connectivity index (χ3v) is 1.37. The number of nitrogens with zero attached hydrogens (tertiary/aromatic N) is 2. The lowest BCUT2D eigenvalue weighted by atomic mass is 10.3. The van der Waals surface area contributed by atoms with Crippen molar-refractivity contribution in [2.75, 3.05) is 5.17 Å². The van der Waals surface area contributed by atoms with Crippen LogP contribution in [0.2, 0.25) is 5.02 Å². The van der Waals surface area contributed by atoms with Gasteiger partial charge in [-0.15, -0.1) is 4.91 Å². The van der Waals surface area contributed by atoms with Crippen LogP contribution in [0.4, 0.5) is 5.69 Å². The molecule has 0 saturated carbocycles. The van der Waals surface area contributed by atoms with Crippen LogP contribution in [-0.4, -0.2) is 0 Å². The summed E-state index contributed by atoms with van der Waals surface area (Å²) in [5, 5.41) is 13.2. The van der Waals surface area contributed by atoms with Gasteiger partial charge in [0.2, 0.25) is 0 Å². The maximum Gasteiger partial charge on any atom is 0.0967 e. The van der Waals surface area contributed by atoms with Crippen LogP contribution in [0, 0.1) is 4.91 Å². The first-order chi connectivity index (χ1) is 5.24. The second-order valence-corrected chi connectivity index (χ2v) is 2.27. The molecular weight excluding hydrogens is 168 g/mol. The molecule has 0 fully saturated rings. The predicted octanol–water partition coefficient (Wildman–Crippen LogP) is 2.17. The molecule has 0 spiro atoms. The third kappa shape index (κ3) is 1.89. The lowest BCUT2D eigenvalue weighted by Crippen LogP contribution is -2.04. The number of halogens is 1. The molecule has 0 aliphatic carbocycles. The van der Waals surface area contributed by atoms with Crippen molar-refractivity contribution in [1.82, 2.24) is 0 Å². The lowest BCUT2D eigenvalue weighted by Gasteiger charge is -2.01. The number of anilines is 1. The Kier molecular flexibility index (Phi) is 2.40. The fraction of sp³-hybridized carbons (Fsp3) is 0. The molecule has 1 aromatic rings. The average Bonchev–Trinajstić information content (AvgIpc) is 2.05. The molecular formula is C6H4ClN2O2. The van der Waals surface area contributed by atoms with Crippen LogP contribution >= 0.6 is 11.6 Å². The van der Waals surface area contributed by atoms with E-state index in [9.17, 15) is 10.1 Å². The molecule has 11 heavy (non-hydrogen) atoms. The van der Waals surface area contributed by atoms with Gasteiger partial charge in [-0.25, -0.2) is 0 Å². The van der Waals surface area contributed by atoms with Crippen LogP contribution in [0.5, 0.6) is 0 Å². The van der Waals surface area contributed by atoms with Gasteiger partial charge in [0.05, 0.1) is 11.0 Å². The Morgan fingerprint density at radius 2 is 1.82 bits per heavy atom. The first-order valence-electron chi connectivity index (χ1n) is 2.80. The Balaban J connectivity index is 2.89. The predicted molar refractivity (Wildman–Crippen MR) is 40.4 cm³/mol. The molecule has 0 aliphatic heterocycles. The van der Waals surface area contributed by atoms with Gasteiger partial charge in [-0.1, -0.05) is 22.0 Å². The highest BCUT2D eigenvalue weighted by Gasteiger charge is 2.01. The Morgan fingerprint density at radius 1 is 1.27 bits per heavy atom. The van der Waals surface area contributed by atoms with Gasteiger partial charge in [0, 0.05) is 5.02 Å². The molecule has 1 rings (SSSR count). The van der Waals surface area contributed by atoms with Gasteiger partial charge < -0.3 is 0 Å². The molecule has 1 radical (unpaired) electrons. The Labute approximate surface area is 67.9 Å². The van der Waals surface area contributed by atoms with E-state index in [0.717, 1.165) is 0 Å². The second-order valence-electron chi connectivity index (χ2n) is 1.83. The lowest BCUT2D eigenvalue weighted by molar-refractivity contribution is 0.160. The number of hydrogen-bond acceptors (Lipinski definition) is 2. The highest BCUT2D eigenvalue weighted by atomic mass is 35.5. The van der Waals surface area contributed by atoms with E-state index in [-0.39, 0.29) is 10.9 Å². The topological polar surface area (TPSA) is 52.6 Å². The van der Waals surface area contributed by atoms with E-state index in [0.29, 0.717) is 5.02 Å². The maximum absolute atomic E-state index is 10.5. The first kappa shape index (κ1) is 7.97. The minimum absolute atomic E-state index is 0.0175. The van der Waals surface area contributed by atoms with Crippen molar-refractivity contribution in [3.63, 3.8) is 0 Å². The van der Waals surface area contributed by atoms with E-state index in [1.807, 2.05) is 0 Å². The van der Waals surface area contributed by atoms with E-state index >= 15 is 0 Å². The number of rotatable bonds is 2. The average molecular weight is 172 g/mol. The summed E-state index contributed by atoms with van der Waals surface area (Å²) in [5.74, 6) is 0. The monoisotopic (exact) mass is 171 g/mol. The molecule has 0 amide bonds. The molecule has 0 N–H and O–H groups in total. The molecule has 0 aromatic heterocycles.